The van der Waals surface area contributed by atoms with Gasteiger partial charge in [0, 0.05) is 32.2 Å². The van der Waals surface area contributed by atoms with Gasteiger partial charge in [-0.1, -0.05) is 12.1 Å². The third-order valence-electron chi connectivity index (χ3n) is 4.99. The van der Waals surface area contributed by atoms with Gasteiger partial charge in [-0.25, -0.2) is 0 Å². The molecule has 1 saturated heterocycles. The average Bonchev–Trinajstić information content (AvgIpc) is 2.99. The van der Waals surface area contributed by atoms with Crippen molar-refractivity contribution >= 4 is 23.0 Å². The van der Waals surface area contributed by atoms with Crippen molar-refractivity contribution in [2.45, 2.75) is 6.42 Å². The van der Waals surface area contributed by atoms with Crippen LogP contribution in [0, 0.1) is 21.4 Å². The number of nitrogens with one attached hydrogen (secondary N) is 1. The number of nitriles is 1. The molecule has 0 spiro atoms. The van der Waals surface area contributed by atoms with Crippen LogP contribution in [0.5, 0.6) is 5.75 Å². The van der Waals surface area contributed by atoms with Gasteiger partial charge < -0.3 is 15.0 Å². The number of non-ortho nitro benzene ring substituents is 1. The summed E-state index contributed by atoms with van der Waals surface area (Å²) < 4.78 is 5.17. The van der Waals surface area contributed by atoms with Crippen LogP contribution in [0.1, 0.15) is 12.0 Å². The number of para-hydroxylation sites is 1. The number of rotatable bonds is 6. The van der Waals surface area contributed by atoms with Crippen LogP contribution in [0.4, 0.5) is 17.1 Å². The van der Waals surface area contributed by atoms with Crippen LogP contribution in [0.2, 0.25) is 0 Å². The molecule has 1 heterocycles. The topological polar surface area (TPSA) is 112 Å². The van der Waals surface area contributed by atoms with Crippen LogP contribution in [0.25, 0.3) is 0 Å². The van der Waals surface area contributed by atoms with Crippen molar-refractivity contribution in [2.75, 3.05) is 50.1 Å². The van der Waals surface area contributed by atoms with Gasteiger partial charge in [0.1, 0.15) is 11.8 Å². The second kappa shape index (κ2) is 9.71. The first kappa shape index (κ1) is 21.1. The number of nitro benzene ring substituents is 1. The monoisotopic (exact) mass is 409 g/mol. The SMILES string of the molecule is COc1cc([N+](=O)[O-])ccc1NC(=O)CN1CCCN(c2ccccc2C#N)CC1. The number of amides is 1. The van der Waals surface area contributed by atoms with E-state index in [1.165, 1.54) is 25.3 Å². The molecular weight excluding hydrogens is 386 g/mol. The summed E-state index contributed by atoms with van der Waals surface area (Å²) in [5.41, 5.74) is 1.86. The van der Waals surface area contributed by atoms with Crippen molar-refractivity contribution in [3.8, 4) is 11.8 Å². The van der Waals surface area contributed by atoms with Gasteiger partial charge in [0.05, 0.1) is 41.6 Å². The van der Waals surface area contributed by atoms with E-state index in [4.69, 9.17) is 4.74 Å². The molecule has 0 aromatic heterocycles. The second-order valence-electron chi connectivity index (χ2n) is 6.94. The summed E-state index contributed by atoms with van der Waals surface area (Å²) in [6, 6.07) is 13.8. The summed E-state index contributed by atoms with van der Waals surface area (Å²) in [5, 5.41) is 23.0. The molecule has 9 nitrogen and oxygen atoms in total. The first-order valence-electron chi connectivity index (χ1n) is 9.60. The molecule has 9 heteroatoms. The van der Waals surface area contributed by atoms with Crippen LogP contribution in [0.3, 0.4) is 0 Å². The van der Waals surface area contributed by atoms with Crippen molar-refractivity contribution in [3.63, 3.8) is 0 Å². The van der Waals surface area contributed by atoms with Crippen LogP contribution in [0.15, 0.2) is 42.5 Å². The Morgan fingerprint density at radius 2 is 2.03 bits per heavy atom. The second-order valence-corrected chi connectivity index (χ2v) is 6.94. The van der Waals surface area contributed by atoms with Crippen LogP contribution in [-0.4, -0.2) is 55.6 Å². The number of carbonyl (C=O) groups is 1. The molecule has 0 atom stereocenters. The van der Waals surface area contributed by atoms with Gasteiger partial charge in [-0.2, -0.15) is 5.26 Å². The number of anilines is 2. The third-order valence-corrected chi connectivity index (χ3v) is 4.99. The van der Waals surface area contributed by atoms with Crippen LogP contribution < -0.4 is 15.0 Å². The Morgan fingerprint density at radius 3 is 2.77 bits per heavy atom. The predicted molar refractivity (Wildman–Crippen MR) is 113 cm³/mol. The predicted octanol–water partition coefficient (Wildman–Crippen LogP) is 2.63. The fourth-order valence-corrected chi connectivity index (χ4v) is 3.50. The van der Waals surface area contributed by atoms with E-state index in [0.717, 1.165) is 25.2 Å². The number of benzene rings is 2. The number of nitrogens with zero attached hydrogens (tertiary/aromatic N) is 4. The van der Waals surface area contributed by atoms with E-state index in [-0.39, 0.29) is 23.9 Å². The lowest BCUT2D eigenvalue weighted by molar-refractivity contribution is -0.384. The Hall–Kier alpha value is -3.64. The average molecular weight is 409 g/mol. The smallest absolute Gasteiger partial charge is 0.273 e. The Labute approximate surface area is 174 Å². The van der Waals surface area contributed by atoms with Crippen molar-refractivity contribution < 1.29 is 14.5 Å². The highest BCUT2D eigenvalue weighted by atomic mass is 16.6. The van der Waals surface area contributed by atoms with E-state index >= 15 is 0 Å². The summed E-state index contributed by atoms with van der Waals surface area (Å²) in [6.45, 7) is 3.17. The third kappa shape index (κ3) is 5.04. The summed E-state index contributed by atoms with van der Waals surface area (Å²) >= 11 is 0. The van der Waals surface area contributed by atoms with Gasteiger partial charge in [-0.3, -0.25) is 19.8 Å². The fourth-order valence-electron chi connectivity index (χ4n) is 3.50. The summed E-state index contributed by atoms with van der Waals surface area (Å²) in [7, 11) is 1.40. The maximum Gasteiger partial charge on any atom is 0.273 e. The lowest BCUT2D eigenvalue weighted by Crippen LogP contribution is -2.36. The van der Waals surface area contributed by atoms with Gasteiger partial charge in [0.2, 0.25) is 5.91 Å². The zero-order chi connectivity index (χ0) is 21.5. The number of nitro groups is 1. The normalized spacial score (nSPS) is 14.5. The summed E-state index contributed by atoms with van der Waals surface area (Å²) in [6.07, 6.45) is 0.869. The molecule has 156 valence electrons. The minimum atomic E-state index is -0.512. The van der Waals surface area contributed by atoms with Crippen molar-refractivity contribution in [2.24, 2.45) is 0 Å². The number of carbonyl (C=O) groups excluding carboxylic acids is 1. The van der Waals surface area contributed by atoms with Gasteiger partial charge in [0.25, 0.3) is 5.69 Å². The zero-order valence-corrected chi connectivity index (χ0v) is 16.7. The first-order chi connectivity index (χ1) is 14.5. The molecule has 30 heavy (non-hydrogen) atoms. The molecular formula is C21H23N5O4. The number of hydrogen-bond acceptors (Lipinski definition) is 7. The number of hydrogen-bond donors (Lipinski definition) is 1. The molecule has 0 aliphatic carbocycles. The molecule has 1 aliphatic rings. The largest absolute Gasteiger partial charge is 0.494 e. The lowest BCUT2D eigenvalue weighted by Gasteiger charge is -2.24. The van der Waals surface area contributed by atoms with E-state index in [1.807, 2.05) is 24.3 Å². The molecule has 0 bridgehead atoms. The minimum Gasteiger partial charge on any atom is -0.494 e. The highest BCUT2D eigenvalue weighted by Gasteiger charge is 2.20. The fraction of sp³-hybridized carbons (Fsp3) is 0.333. The maximum atomic E-state index is 12.5. The van der Waals surface area contributed by atoms with Crippen LogP contribution in [-0.2, 0) is 4.79 Å². The van der Waals surface area contributed by atoms with E-state index in [9.17, 15) is 20.2 Å². The maximum absolute atomic E-state index is 12.5. The first-order valence-corrected chi connectivity index (χ1v) is 9.60. The molecule has 0 radical (unpaired) electrons. The van der Waals surface area contributed by atoms with Crippen molar-refractivity contribution in [1.82, 2.24) is 4.90 Å². The van der Waals surface area contributed by atoms with Gasteiger partial charge in [-0.05, 0) is 24.6 Å². The van der Waals surface area contributed by atoms with Gasteiger partial charge in [0.15, 0.2) is 0 Å². The minimum absolute atomic E-state index is 0.102. The molecule has 1 aliphatic heterocycles. The standard InChI is InChI=1S/C21H23N5O4/c1-30-20-13-17(26(28)29)7-8-18(20)23-21(27)15-24-9-4-10-25(12-11-24)19-6-3-2-5-16(19)14-22/h2-3,5-8,13H,4,9-12,15H2,1H3,(H,23,27). The van der Waals surface area contributed by atoms with E-state index in [2.05, 4.69) is 21.2 Å². The lowest BCUT2D eigenvalue weighted by atomic mass is 10.1. The van der Waals surface area contributed by atoms with Gasteiger partial charge >= 0.3 is 0 Å². The zero-order valence-electron chi connectivity index (χ0n) is 16.7. The van der Waals surface area contributed by atoms with Crippen molar-refractivity contribution in [1.29, 1.82) is 5.26 Å². The molecule has 2 aromatic rings. The van der Waals surface area contributed by atoms with Crippen LogP contribution >= 0.6 is 0 Å². The summed E-state index contributed by atoms with van der Waals surface area (Å²) in [4.78, 5) is 27.2. The Morgan fingerprint density at radius 1 is 1.23 bits per heavy atom. The van der Waals surface area contributed by atoms with E-state index in [0.29, 0.717) is 24.3 Å². The van der Waals surface area contributed by atoms with Crippen molar-refractivity contribution in [3.05, 3.63) is 58.1 Å². The van der Waals surface area contributed by atoms with Gasteiger partial charge in [-0.15, -0.1) is 0 Å². The molecule has 1 fully saturated rings. The molecule has 0 saturated carbocycles. The Bertz CT molecular complexity index is 972. The molecule has 1 amide bonds. The molecule has 3 rings (SSSR count). The molecule has 1 N–H and O–H groups in total. The quantitative estimate of drug-likeness (QED) is 0.576. The number of methoxy groups -OCH3 is 1. The molecule has 2 aromatic carbocycles. The molecule has 0 unspecified atom stereocenters. The Balaban J connectivity index is 1.60. The highest BCUT2D eigenvalue weighted by Crippen LogP contribution is 2.29. The number of ether oxygens (including phenoxy) is 1. The van der Waals surface area contributed by atoms with E-state index in [1.54, 1.807) is 0 Å². The summed E-state index contributed by atoms with van der Waals surface area (Å²) in [5.74, 6) is 0.0285. The highest BCUT2D eigenvalue weighted by molar-refractivity contribution is 5.94. The van der Waals surface area contributed by atoms with E-state index < -0.39 is 4.92 Å². The Kier molecular flexibility index (Phi) is 6.83.